The number of amides is 1. The number of nitrogens with zero attached hydrogens (tertiary/aromatic N) is 2. The molecule has 0 aliphatic carbocycles. The van der Waals surface area contributed by atoms with Crippen LogP contribution in [0.2, 0.25) is 0 Å². The molecule has 5 rings (SSSR count). The maximum Gasteiger partial charge on any atom is 0.335 e. The summed E-state index contributed by atoms with van der Waals surface area (Å²) in [5.41, 5.74) is 2.07. The molecule has 39 heavy (non-hydrogen) atoms. The molecule has 0 bridgehead atoms. The van der Waals surface area contributed by atoms with Gasteiger partial charge in [-0.2, -0.15) is 0 Å². The summed E-state index contributed by atoms with van der Waals surface area (Å²) >= 11 is 5.72. The van der Waals surface area contributed by atoms with Crippen LogP contribution < -0.4 is 15.5 Å². The normalized spacial score (nSPS) is 16.5. The van der Waals surface area contributed by atoms with Crippen LogP contribution in [0.25, 0.3) is 11.3 Å². The number of aromatic nitrogens is 1. The molecular formula is C28H22N4O6S. The second-order valence-corrected chi connectivity index (χ2v) is 9.22. The standard InChI is InChI=1S/C28H22N4O6S/c1-15(33)30-19-5-7-20(8-6-19)32-25(24(31-28(32)39)21-4-2-3-11-29-21)23-10-9-22(38-23)16-12-17(26(34)35)14-18(13-16)27(36)37/h2-14,24-25H,1H3,(H,30,33)(H,31,39)(H,34,35)(H,36,37)/t24-,25-/m0/s1. The van der Waals surface area contributed by atoms with Crippen LogP contribution in [0.4, 0.5) is 11.4 Å². The van der Waals surface area contributed by atoms with E-state index in [0.29, 0.717) is 27.9 Å². The highest BCUT2D eigenvalue weighted by Gasteiger charge is 2.42. The molecule has 10 nitrogen and oxygen atoms in total. The Bertz CT molecular complexity index is 1550. The molecule has 3 heterocycles. The zero-order chi connectivity index (χ0) is 27.7. The van der Waals surface area contributed by atoms with Crippen LogP contribution in [0.3, 0.4) is 0 Å². The molecule has 0 saturated carbocycles. The van der Waals surface area contributed by atoms with Gasteiger partial charge in [-0.25, -0.2) is 9.59 Å². The molecule has 196 valence electrons. The number of carboxylic acids is 2. The summed E-state index contributed by atoms with van der Waals surface area (Å²) in [7, 11) is 0. The highest BCUT2D eigenvalue weighted by Crippen LogP contribution is 2.43. The lowest BCUT2D eigenvalue weighted by molar-refractivity contribution is -0.114. The summed E-state index contributed by atoms with van der Waals surface area (Å²) in [6, 6.07) is 19.1. The first-order valence-electron chi connectivity index (χ1n) is 11.8. The Morgan fingerprint density at radius 3 is 2.26 bits per heavy atom. The molecule has 2 aromatic heterocycles. The number of rotatable bonds is 7. The summed E-state index contributed by atoms with van der Waals surface area (Å²) in [6.45, 7) is 1.43. The largest absolute Gasteiger partial charge is 0.478 e. The van der Waals surface area contributed by atoms with E-state index < -0.39 is 24.0 Å². The molecule has 2 aromatic carbocycles. The number of carbonyl (C=O) groups excluding carboxylic acids is 1. The van der Waals surface area contributed by atoms with Gasteiger partial charge in [0, 0.05) is 30.1 Å². The molecule has 0 spiro atoms. The van der Waals surface area contributed by atoms with Gasteiger partial charge < -0.3 is 30.2 Å². The van der Waals surface area contributed by atoms with E-state index in [0.717, 1.165) is 17.4 Å². The third kappa shape index (κ3) is 5.20. The van der Waals surface area contributed by atoms with Crippen LogP contribution in [-0.2, 0) is 4.79 Å². The number of furan rings is 1. The van der Waals surface area contributed by atoms with Crippen molar-refractivity contribution in [2.75, 3.05) is 10.2 Å². The molecule has 4 N–H and O–H groups in total. The van der Waals surface area contributed by atoms with E-state index in [4.69, 9.17) is 16.6 Å². The monoisotopic (exact) mass is 542 g/mol. The highest BCUT2D eigenvalue weighted by molar-refractivity contribution is 7.80. The molecule has 0 unspecified atom stereocenters. The second kappa shape index (κ2) is 10.4. The van der Waals surface area contributed by atoms with E-state index in [2.05, 4.69) is 15.6 Å². The number of benzene rings is 2. The lowest BCUT2D eigenvalue weighted by atomic mass is 10.0. The van der Waals surface area contributed by atoms with E-state index in [9.17, 15) is 24.6 Å². The third-order valence-corrected chi connectivity index (χ3v) is 6.51. The van der Waals surface area contributed by atoms with Crippen molar-refractivity contribution in [1.82, 2.24) is 10.3 Å². The van der Waals surface area contributed by atoms with Crippen LogP contribution in [0, 0.1) is 0 Å². The fourth-order valence-corrected chi connectivity index (χ4v) is 4.86. The van der Waals surface area contributed by atoms with Crippen LogP contribution in [-0.4, -0.2) is 38.2 Å². The van der Waals surface area contributed by atoms with Crippen molar-refractivity contribution in [1.29, 1.82) is 0 Å². The number of carboxylic acid groups (broad SMARTS) is 2. The highest BCUT2D eigenvalue weighted by atomic mass is 32.1. The first-order chi connectivity index (χ1) is 18.7. The van der Waals surface area contributed by atoms with E-state index in [1.54, 1.807) is 30.5 Å². The van der Waals surface area contributed by atoms with E-state index >= 15 is 0 Å². The predicted molar refractivity (Wildman–Crippen MR) is 147 cm³/mol. The smallest absolute Gasteiger partial charge is 0.335 e. The van der Waals surface area contributed by atoms with Gasteiger partial charge in [0.25, 0.3) is 0 Å². The van der Waals surface area contributed by atoms with Crippen LogP contribution in [0.1, 0.15) is 51.2 Å². The van der Waals surface area contributed by atoms with E-state index in [1.807, 2.05) is 35.2 Å². The quantitative estimate of drug-likeness (QED) is 0.239. The van der Waals surface area contributed by atoms with Gasteiger partial charge >= 0.3 is 11.9 Å². The SMILES string of the molecule is CC(=O)Nc1ccc(N2C(=S)N[C@@H](c3ccccn3)[C@@H]2c2ccc(-c3cc(C(=O)O)cc(C(=O)O)c3)o2)cc1. The Morgan fingerprint density at radius 2 is 1.67 bits per heavy atom. The van der Waals surface area contributed by atoms with Crippen molar-refractivity contribution >= 4 is 46.6 Å². The molecular weight excluding hydrogens is 520 g/mol. The minimum Gasteiger partial charge on any atom is -0.478 e. The van der Waals surface area contributed by atoms with Gasteiger partial charge in [-0.1, -0.05) is 6.07 Å². The Kier molecular flexibility index (Phi) is 6.82. The molecule has 4 aromatic rings. The molecule has 1 aliphatic rings. The van der Waals surface area contributed by atoms with Gasteiger partial charge in [-0.15, -0.1) is 0 Å². The molecule has 1 aliphatic heterocycles. The fraction of sp³-hybridized carbons (Fsp3) is 0.107. The van der Waals surface area contributed by atoms with E-state index in [1.165, 1.54) is 19.1 Å². The Morgan fingerprint density at radius 1 is 0.974 bits per heavy atom. The van der Waals surface area contributed by atoms with E-state index in [-0.39, 0.29) is 17.0 Å². The number of hydrogen-bond acceptors (Lipinski definition) is 6. The number of nitrogens with one attached hydrogen (secondary N) is 2. The van der Waals surface area contributed by atoms with Crippen molar-refractivity contribution < 1.29 is 29.0 Å². The maximum atomic E-state index is 11.6. The molecule has 1 fully saturated rings. The maximum absolute atomic E-state index is 11.6. The molecule has 11 heteroatoms. The number of pyridine rings is 1. The Balaban J connectivity index is 1.58. The summed E-state index contributed by atoms with van der Waals surface area (Å²) in [4.78, 5) is 41.0. The number of thiocarbonyl (C=S) groups is 1. The van der Waals surface area contributed by atoms with Gasteiger partial charge in [-0.3, -0.25) is 9.78 Å². The van der Waals surface area contributed by atoms with Crippen LogP contribution in [0.5, 0.6) is 0 Å². The van der Waals surface area contributed by atoms with Gasteiger partial charge in [0.15, 0.2) is 5.11 Å². The lowest BCUT2D eigenvalue weighted by Gasteiger charge is -2.26. The van der Waals surface area contributed by atoms with Gasteiger partial charge in [0.05, 0.1) is 22.9 Å². The topological polar surface area (TPSA) is 145 Å². The zero-order valence-corrected chi connectivity index (χ0v) is 21.3. The second-order valence-electron chi connectivity index (χ2n) is 8.84. The van der Waals surface area contributed by atoms with Crippen LogP contribution in [0.15, 0.2) is 83.4 Å². The lowest BCUT2D eigenvalue weighted by Crippen LogP contribution is -2.29. The van der Waals surface area contributed by atoms with Crippen molar-refractivity contribution in [2.45, 2.75) is 19.0 Å². The summed E-state index contributed by atoms with van der Waals surface area (Å²) < 4.78 is 6.24. The average Bonchev–Trinajstić information content (AvgIpc) is 3.54. The predicted octanol–water partition coefficient (Wildman–Crippen LogP) is 4.87. The minimum atomic E-state index is -1.25. The van der Waals surface area contributed by atoms with Crippen molar-refractivity contribution in [3.8, 4) is 11.3 Å². The number of aromatic carboxylic acids is 2. The summed E-state index contributed by atoms with van der Waals surface area (Å²) in [5, 5.41) is 25.4. The van der Waals surface area contributed by atoms with Crippen molar-refractivity contribution in [3.05, 3.63) is 102 Å². The van der Waals surface area contributed by atoms with Crippen molar-refractivity contribution in [2.24, 2.45) is 0 Å². The first-order valence-corrected chi connectivity index (χ1v) is 12.2. The Hall–Kier alpha value is -5.03. The summed E-state index contributed by atoms with van der Waals surface area (Å²) in [6.07, 6.45) is 1.68. The average molecular weight is 543 g/mol. The number of carbonyl (C=O) groups is 3. The number of anilines is 2. The molecule has 0 radical (unpaired) electrons. The summed E-state index contributed by atoms with van der Waals surface area (Å²) in [5.74, 6) is -1.89. The minimum absolute atomic E-state index is 0.168. The van der Waals surface area contributed by atoms with Gasteiger partial charge in [-0.05, 0) is 78.9 Å². The van der Waals surface area contributed by atoms with Crippen LogP contribution >= 0.6 is 12.2 Å². The number of hydrogen-bond donors (Lipinski definition) is 4. The molecule has 1 amide bonds. The zero-order valence-electron chi connectivity index (χ0n) is 20.5. The first kappa shape index (κ1) is 25.6. The van der Waals surface area contributed by atoms with Gasteiger partial charge in [0.1, 0.15) is 17.6 Å². The molecule has 2 atom stereocenters. The Labute approximate surface area is 227 Å². The fourth-order valence-electron chi connectivity index (χ4n) is 4.51. The third-order valence-electron chi connectivity index (χ3n) is 6.19. The van der Waals surface area contributed by atoms with Crippen molar-refractivity contribution in [3.63, 3.8) is 0 Å². The molecule has 1 saturated heterocycles. The van der Waals surface area contributed by atoms with Gasteiger partial charge in [0.2, 0.25) is 5.91 Å².